The first-order valence-corrected chi connectivity index (χ1v) is 5.29. The van der Waals surface area contributed by atoms with E-state index in [9.17, 15) is 5.11 Å². The molecule has 0 radical (unpaired) electrons. The van der Waals surface area contributed by atoms with Crippen LogP contribution in [-0.4, -0.2) is 14.9 Å². The standard InChI is InChI=1S/C10H15ClN2O/c1-10(14,5-7-3-4-7)9-8(11)6-12-13(9)2/h6-7,14H,3-5H2,1-2H3. The van der Waals surface area contributed by atoms with Gasteiger partial charge in [0, 0.05) is 7.05 Å². The molecule has 1 fully saturated rings. The molecular formula is C10H15ClN2O. The zero-order chi connectivity index (χ0) is 10.3. The van der Waals surface area contributed by atoms with Crippen molar-refractivity contribution in [2.24, 2.45) is 13.0 Å². The predicted molar refractivity (Wildman–Crippen MR) is 55.1 cm³/mol. The second kappa shape index (κ2) is 3.24. The van der Waals surface area contributed by atoms with Gasteiger partial charge in [0.1, 0.15) is 5.60 Å². The molecular weight excluding hydrogens is 200 g/mol. The molecule has 1 aromatic heterocycles. The van der Waals surface area contributed by atoms with E-state index >= 15 is 0 Å². The lowest BCUT2D eigenvalue weighted by molar-refractivity contribution is 0.0336. The fourth-order valence-electron chi connectivity index (χ4n) is 2.00. The fraction of sp³-hybridized carbons (Fsp3) is 0.700. The molecule has 1 aliphatic carbocycles. The van der Waals surface area contributed by atoms with E-state index in [1.807, 2.05) is 14.0 Å². The van der Waals surface area contributed by atoms with Crippen molar-refractivity contribution in [1.29, 1.82) is 0 Å². The Morgan fingerprint density at radius 2 is 2.36 bits per heavy atom. The van der Waals surface area contributed by atoms with E-state index < -0.39 is 5.60 Å². The highest BCUT2D eigenvalue weighted by molar-refractivity contribution is 6.31. The van der Waals surface area contributed by atoms with Gasteiger partial charge in [-0.1, -0.05) is 24.4 Å². The third kappa shape index (κ3) is 1.79. The zero-order valence-electron chi connectivity index (χ0n) is 8.50. The average molecular weight is 215 g/mol. The van der Waals surface area contributed by atoms with Crippen LogP contribution in [-0.2, 0) is 12.6 Å². The number of aryl methyl sites for hydroxylation is 1. The van der Waals surface area contributed by atoms with Crippen LogP contribution >= 0.6 is 11.6 Å². The summed E-state index contributed by atoms with van der Waals surface area (Å²) in [6.45, 7) is 1.81. The molecule has 0 spiro atoms. The van der Waals surface area contributed by atoms with Crippen molar-refractivity contribution in [3.05, 3.63) is 16.9 Å². The Hall–Kier alpha value is -0.540. The summed E-state index contributed by atoms with van der Waals surface area (Å²) < 4.78 is 1.66. The van der Waals surface area contributed by atoms with Crippen molar-refractivity contribution in [3.8, 4) is 0 Å². The van der Waals surface area contributed by atoms with Gasteiger partial charge in [-0.05, 0) is 19.3 Å². The van der Waals surface area contributed by atoms with Gasteiger partial charge in [0.2, 0.25) is 0 Å². The number of hydrogen-bond donors (Lipinski definition) is 1. The zero-order valence-corrected chi connectivity index (χ0v) is 9.25. The minimum absolute atomic E-state index is 0.554. The molecule has 1 N–H and O–H groups in total. The van der Waals surface area contributed by atoms with Crippen LogP contribution in [0.5, 0.6) is 0 Å². The summed E-state index contributed by atoms with van der Waals surface area (Å²) in [6, 6.07) is 0. The summed E-state index contributed by atoms with van der Waals surface area (Å²) in [5, 5.41) is 14.9. The Bertz CT molecular complexity index is 322. The molecule has 1 heterocycles. The fourth-order valence-corrected chi connectivity index (χ4v) is 2.37. The number of halogens is 1. The number of nitrogens with zero attached hydrogens (tertiary/aromatic N) is 2. The third-order valence-electron chi connectivity index (χ3n) is 2.79. The molecule has 0 bridgehead atoms. The molecule has 0 amide bonds. The second-order valence-electron chi connectivity index (χ2n) is 4.39. The topological polar surface area (TPSA) is 38.0 Å². The van der Waals surface area contributed by atoms with Gasteiger partial charge in [0.15, 0.2) is 0 Å². The van der Waals surface area contributed by atoms with Gasteiger partial charge in [-0.2, -0.15) is 5.10 Å². The van der Waals surface area contributed by atoms with Crippen molar-refractivity contribution >= 4 is 11.6 Å². The first-order chi connectivity index (χ1) is 6.50. The van der Waals surface area contributed by atoms with E-state index in [4.69, 9.17) is 11.6 Å². The van der Waals surface area contributed by atoms with E-state index in [0.717, 1.165) is 12.1 Å². The molecule has 1 aliphatic rings. The van der Waals surface area contributed by atoms with Gasteiger partial charge in [-0.25, -0.2) is 0 Å². The molecule has 0 aliphatic heterocycles. The molecule has 1 aromatic rings. The van der Waals surface area contributed by atoms with E-state index in [-0.39, 0.29) is 0 Å². The molecule has 3 nitrogen and oxygen atoms in total. The van der Waals surface area contributed by atoms with Crippen LogP contribution in [0.2, 0.25) is 5.02 Å². The lowest BCUT2D eigenvalue weighted by Crippen LogP contribution is -2.25. The number of rotatable bonds is 3. The largest absolute Gasteiger partial charge is 0.384 e. The Morgan fingerprint density at radius 1 is 1.71 bits per heavy atom. The van der Waals surface area contributed by atoms with Gasteiger partial charge in [-0.15, -0.1) is 0 Å². The van der Waals surface area contributed by atoms with Crippen molar-refractivity contribution in [3.63, 3.8) is 0 Å². The van der Waals surface area contributed by atoms with Crippen molar-refractivity contribution in [2.45, 2.75) is 31.8 Å². The average Bonchev–Trinajstić information content (AvgIpc) is 2.77. The maximum absolute atomic E-state index is 10.3. The smallest absolute Gasteiger partial charge is 0.105 e. The lowest BCUT2D eigenvalue weighted by Gasteiger charge is -2.23. The SMILES string of the molecule is Cn1ncc(Cl)c1C(C)(O)CC1CC1. The number of aromatic nitrogens is 2. The summed E-state index contributed by atoms with van der Waals surface area (Å²) in [5.41, 5.74) is -0.116. The third-order valence-corrected chi connectivity index (χ3v) is 3.06. The first-order valence-electron chi connectivity index (χ1n) is 4.91. The molecule has 0 saturated heterocycles. The maximum Gasteiger partial charge on any atom is 0.105 e. The van der Waals surface area contributed by atoms with E-state index in [0.29, 0.717) is 10.9 Å². The monoisotopic (exact) mass is 214 g/mol. The number of hydrogen-bond acceptors (Lipinski definition) is 2. The normalized spacial score (nSPS) is 20.9. The maximum atomic E-state index is 10.3. The quantitative estimate of drug-likeness (QED) is 0.837. The number of aliphatic hydroxyl groups is 1. The van der Waals surface area contributed by atoms with Crippen molar-refractivity contribution < 1.29 is 5.11 Å². The van der Waals surface area contributed by atoms with Gasteiger partial charge < -0.3 is 5.11 Å². The summed E-state index contributed by atoms with van der Waals surface area (Å²) in [7, 11) is 1.81. The molecule has 0 aromatic carbocycles. The summed E-state index contributed by atoms with van der Waals surface area (Å²) >= 11 is 5.99. The second-order valence-corrected chi connectivity index (χ2v) is 4.79. The van der Waals surface area contributed by atoms with Crippen LogP contribution in [0.3, 0.4) is 0 Å². The highest BCUT2D eigenvalue weighted by Crippen LogP contribution is 2.41. The van der Waals surface area contributed by atoms with Crippen molar-refractivity contribution in [1.82, 2.24) is 9.78 Å². The van der Waals surface area contributed by atoms with E-state index in [2.05, 4.69) is 5.10 Å². The summed E-state index contributed by atoms with van der Waals surface area (Å²) in [6.07, 6.45) is 4.82. The Balaban J connectivity index is 2.26. The highest BCUT2D eigenvalue weighted by atomic mass is 35.5. The molecule has 78 valence electrons. The van der Waals surface area contributed by atoms with Crippen LogP contribution in [0.4, 0.5) is 0 Å². The highest BCUT2D eigenvalue weighted by Gasteiger charge is 2.36. The summed E-state index contributed by atoms with van der Waals surface area (Å²) in [5.74, 6) is 0.663. The van der Waals surface area contributed by atoms with Crippen LogP contribution in [0.25, 0.3) is 0 Å². The lowest BCUT2D eigenvalue weighted by atomic mass is 9.95. The molecule has 2 rings (SSSR count). The van der Waals surface area contributed by atoms with Gasteiger partial charge in [-0.3, -0.25) is 4.68 Å². The van der Waals surface area contributed by atoms with Gasteiger partial charge in [0.25, 0.3) is 0 Å². The molecule has 1 unspecified atom stereocenters. The molecule has 1 saturated carbocycles. The first kappa shape index (κ1) is 9.99. The van der Waals surface area contributed by atoms with Crippen LogP contribution in [0.1, 0.15) is 31.9 Å². The molecule has 1 atom stereocenters. The molecule has 4 heteroatoms. The van der Waals surface area contributed by atoms with Gasteiger partial charge >= 0.3 is 0 Å². The minimum atomic E-state index is -0.844. The Kier molecular flexibility index (Phi) is 2.32. The Morgan fingerprint density at radius 3 is 2.79 bits per heavy atom. The summed E-state index contributed by atoms with van der Waals surface area (Å²) in [4.78, 5) is 0. The van der Waals surface area contributed by atoms with Crippen LogP contribution in [0.15, 0.2) is 6.20 Å². The van der Waals surface area contributed by atoms with Gasteiger partial charge in [0.05, 0.1) is 16.9 Å². The van der Waals surface area contributed by atoms with Crippen molar-refractivity contribution in [2.75, 3.05) is 0 Å². The van der Waals surface area contributed by atoms with Crippen LogP contribution < -0.4 is 0 Å². The van der Waals surface area contributed by atoms with Crippen LogP contribution in [0, 0.1) is 5.92 Å². The predicted octanol–water partition coefficient (Wildman–Crippen LogP) is 2.08. The molecule has 14 heavy (non-hydrogen) atoms. The van der Waals surface area contributed by atoms with E-state index in [1.165, 1.54) is 12.8 Å². The Labute approximate surface area is 88.7 Å². The minimum Gasteiger partial charge on any atom is -0.384 e. The van der Waals surface area contributed by atoms with E-state index in [1.54, 1.807) is 10.9 Å².